The molecule has 1 heterocycles. The maximum absolute atomic E-state index is 4.58. The molecule has 0 saturated heterocycles. The highest BCUT2D eigenvalue weighted by Gasteiger charge is 2.27. The van der Waals surface area contributed by atoms with Crippen LogP contribution in [0.5, 0.6) is 0 Å². The van der Waals surface area contributed by atoms with Gasteiger partial charge in [0.2, 0.25) is 0 Å². The van der Waals surface area contributed by atoms with E-state index in [0.29, 0.717) is 5.92 Å². The van der Waals surface area contributed by atoms with Crippen LogP contribution in [0.25, 0.3) is 11.1 Å². The lowest BCUT2D eigenvalue weighted by atomic mass is 9.72. The van der Waals surface area contributed by atoms with E-state index < -0.39 is 0 Å². The molecule has 32 heavy (non-hydrogen) atoms. The summed E-state index contributed by atoms with van der Waals surface area (Å²) in [6, 6.07) is 11.4. The fourth-order valence-corrected chi connectivity index (χ4v) is 5.85. The Labute approximate surface area is 198 Å². The summed E-state index contributed by atoms with van der Waals surface area (Å²) < 4.78 is 0. The van der Waals surface area contributed by atoms with Crippen LogP contribution < -0.4 is 0 Å². The normalized spacial score (nSPS) is 19.7. The number of benzene rings is 1. The quantitative estimate of drug-likeness (QED) is 0.286. The van der Waals surface area contributed by atoms with Crippen molar-refractivity contribution in [2.24, 2.45) is 11.8 Å². The van der Waals surface area contributed by atoms with E-state index in [9.17, 15) is 0 Å². The number of hydrogen-bond acceptors (Lipinski definition) is 1. The third-order valence-electron chi connectivity index (χ3n) is 8.01. The molecule has 3 rings (SSSR count). The van der Waals surface area contributed by atoms with Gasteiger partial charge in [0.05, 0.1) is 0 Å². The molecule has 0 bridgehead atoms. The first-order valence-electron chi connectivity index (χ1n) is 13.8. The van der Waals surface area contributed by atoms with Crippen LogP contribution in [-0.2, 0) is 6.42 Å². The Morgan fingerprint density at radius 1 is 0.812 bits per heavy atom. The molecule has 1 saturated carbocycles. The van der Waals surface area contributed by atoms with Gasteiger partial charge in [0, 0.05) is 12.4 Å². The van der Waals surface area contributed by atoms with Crippen molar-refractivity contribution in [2.45, 2.75) is 117 Å². The molecule has 1 unspecified atom stereocenters. The number of unbranched alkanes of at least 4 members (excludes halogenated alkanes) is 6. The van der Waals surface area contributed by atoms with Crippen LogP contribution >= 0.6 is 0 Å². The van der Waals surface area contributed by atoms with Crippen molar-refractivity contribution in [3.8, 4) is 11.1 Å². The van der Waals surface area contributed by atoms with E-state index in [0.717, 1.165) is 11.8 Å². The van der Waals surface area contributed by atoms with Crippen molar-refractivity contribution < 1.29 is 0 Å². The number of pyridine rings is 1. The molecule has 1 nitrogen and oxygen atoms in total. The van der Waals surface area contributed by atoms with E-state index in [4.69, 9.17) is 0 Å². The summed E-state index contributed by atoms with van der Waals surface area (Å²) in [7, 11) is 0. The minimum atomic E-state index is 0.591. The molecule has 1 aliphatic rings. The SMILES string of the molecule is CCCCCCc1ccccc1-c1ccncc1C(C)C1CCC(CCCCCC)CC1. The molecule has 1 aromatic carbocycles. The molecule has 176 valence electrons. The van der Waals surface area contributed by atoms with Crippen molar-refractivity contribution in [3.63, 3.8) is 0 Å². The number of rotatable bonds is 13. The second-order valence-corrected chi connectivity index (χ2v) is 10.3. The molecule has 1 atom stereocenters. The lowest BCUT2D eigenvalue weighted by Crippen LogP contribution is -2.20. The molecule has 1 fully saturated rings. The lowest BCUT2D eigenvalue weighted by molar-refractivity contribution is 0.236. The van der Waals surface area contributed by atoms with Gasteiger partial charge in [-0.25, -0.2) is 0 Å². The maximum Gasteiger partial charge on any atom is 0.0308 e. The first kappa shape index (κ1) is 25.0. The summed E-state index contributed by atoms with van der Waals surface area (Å²) >= 11 is 0. The lowest BCUT2D eigenvalue weighted by Gasteiger charge is -2.33. The van der Waals surface area contributed by atoms with Gasteiger partial charge in [0.25, 0.3) is 0 Å². The fraction of sp³-hybridized carbons (Fsp3) is 0.645. The van der Waals surface area contributed by atoms with E-state index >= 15 is 0 Å². The Balaban J connectivity index is 1.66. The first-order chi connectivity index (χ1) is 15.7. The highest BCUT2D eigenvalue weighted by atomic mass is 14.6. The highest BCUT2D eigenvalue weighted by molar-refractivity contribution is 5.71. The van der Waals surface area contributed by atoms with E-state index in [2.05, 4.69) is 62.3 Å². The van der Waals surface area contributed by atoms with Crippen LogP contribution in [-0.4, -0.2) is 4.98 Å². The summed E-state index contributed by atoms with van der Waals surface area (Å²) in [4.78, 5) is 4.58. The van der Waals surface area contributed by atoms with Crippen molar-refractivity contribution in [1.29, 1.82) is 0 Å². The molecule has 0 amide bonds. The smallest absolute Gasteiger partial charge is 0.0308 e. The average Bonchev–Trinajstić information content (AvgIpc) is 2.85. The second kappa shape index (κ2) is 13.8. The van der Waals surface area contributed by atoms with E-state index in [1.54, 1.807) is 0 Å². The Hall–Kier alpha value is -1.63. The van der Waals surface area contributed by atoms with Gasteiger partial charge in [0.1, 0.15) is 0 Å². The molecule has 1 heteroatoms. The number of hydrogen-bond donors (Lipinski definition) is 0. The van der Waals surface area contributed by atoms with Gasteiger partial charge >= 0.3 is 0 Å². The highest BCUT2D eigenvalue weighted by Crippen LogP contribution is 2.42. The van der Waals surface area contributed by atoms with Crippen LogP contribution in [0.15, 0.2) is 42.7 Å². The third kappa shape index (κ3) is 7.19. The zero-order chi connectivity index (χ0) is 22.6. The summed E-state index contributed by atoms with van der Waals surface area (Å²) in [6.45, 7) is 7.07. The van der Waals surface area contributed by atoms with Crippen molar-refractivity contribution in [2.75, 3.05) is 0 Å². The third-order valence-corrected chi connectivity index (χ3v) is 8.01. The van der Waals surface area contributed by atoms with Gasteiger partial charge in [-0.15, -0.1) is 0 Å². The van der Waals surface area contributed by atoms with Gasteiger partial charge in [-0.05, 0) is 71.8 Å². The Morgan fingerprint density at radius 3 is 2.28 bits per heavy atom. The number of aryl methyl sites for hydroxylation is 1. The Bertz CT molecular complexity index is 772. The van der Waals surface area contributed by atoms with Crippen LogP contribution in [0.2, 0.25) is 0 Å². The summed E-state index contributed by atoms with van der Waals surface area (Å²) in [5.41, 5.74) is 5.86. The largest absolute Gasteiger partial charge is 0.264 e. The molecule has 1 aromatic heterocycles. The summed E-state index contributed by atoms with van der Waals surface area (Å²) in [5, 5.41) is 0. The zero-order valence-corrected chi connectivity index (χ0v) is 21.1. The van der Waals surface area contributed by atoms with E-state index in [1.165, 1.54) is 112 Å². The van der Waals surface area contributed by atoms with Crippen molar-refractivity contribution in [3.05, 3.63) is 53.9 Å². The second-order valence-electron chi connectivity index (χ2n) is 10.3. The topological polar surface area (TPSA) is 12.9 Å². The first-order valence-corrected chi connectivity index (χ1v) is 13.8. The minimum absolute atomic E-state index is 0.591. The minimum Gasteiger partial charge on any atom is -0.264 e. The van der Waals surface area contributed by atoms with E-state index in [-0.39, 0.29) is 0 Å². The Kier molecular flexibility index (Phi) is 10.8. The molecule has 1 aliphatic carbocycles. The van der Waals surface area contributed by atoms with Crippen LogP contribution in [0.4, 0.5) is 0 Å². The maximum atomic E-state index is 4.58. The van der Waals surface area contributed by atoms with Gasteiger partial charge in [-0.1, -0.05) is 109 Å². The standard InChI is InChI=1S/C31H47N/c1-4-6-8-10-14-26-18-20-27(21-19-26)25(3)31-24-32-23-22-30(31)29-17-13-12-16-28(29)15-11-9-7-5-2/h12-13,16-17,22-27H,4-11,14-15,18-21H2,1-3H3. The average molecular weight is 434 g/mol. The van der Waals surface area contributed by atoms with Gasteiger partial charge in [-0.3, -0.25) is 4.98 Å². The molecule has 0 aliphatic heterocycles. The van der Waals surface area contributed by atoms with Gasteiger partial charge < -0.3 is 0 Å². The monoisotopic (exact) mass is 433 g/mol. The molecule has 0 radical (unpaired) electrons. The van der Waals surface area contributed by atoms with Crippen molar-refractivity contribution >= 4 is 0 Å². The zero-order valence-electron chi connectivity index (χ0n) is 21.1. The molecule has 0 N–H and O–H groups in total. The van der Waals surface area contributed by atoms with Crippen LogP contribution in [0, 0.1) is 11.8 Å². The summed E-state index contributed by atoms with van der Waals surface area (Å²) in [5.74, 6) is 2.38. The predicted octanol–water partition coefficient (Wildman–Crippen LogP) is 9.75. The number of aromatic nitrogens is 1. The van der Waals surface area contributed by atoms with E-state index in [1.807, 2.05) is 6.20 Å². The molecule has 2 aromatic rings. The van der Waals surface area contributed by atoms with Crippen molar-refractivity contribution in [1.82, 2.24) is 4.98 Å². The van der Waals surface area contributed by atoms with Gasteiger partial charge in [0.15, 0.2) is 0 Å². The van der Waals surface area contributed by atoms with Gasteiger partial charge in [-0.2, -0.15) is 0 Å². The predicted molar refractivity (Wildman–Crippen MR) is 140 cm³/mol. The fourth-order valence-electron chi connectivity index (χ4n) is 5.85. The number of nitrogens with zero attached hydrogens (tertiary/aromatic N) is 1. The molecule has 0 spiro atoms. The van der Waals surface area contributed by atoms with Crippen LogP contribution in [0.3, 0.4) is 0 Å². The molecular formula is C31H47N. The molecular weight excluding hydrogens is 386 g/mol. The van der Waals surface area contributed by atoms with Crippen LogP contribution in [0.1, 0.15) is 121 Å². The Morgan fingerprint density at radius 2 is 1.53 bits per heavy atom. The summed E-state index contributed by atoms with van der Waals surface area (Å²) in [6.07, 6.45) is 23.4.